The van der Waals surface area contributed by atoms with Crippen molar-refractivity contribution in [1.29, 1.82) is 0 Å². The van der Waals surface area contributed by atoms with E-state index in [9.17, 15) is 0 Å². The summed E-state index contributed by atoms with van der Waals surface area (Å²) in [6, 6.07) is 10.9. The lowest BCUT2D eigenvalue weighted by Gasteiger charge is -2.21. The maximum Gasteiger partial charge on any atom is 0.193 e. The Bertz CT molecular complexity index is 517. The van der Waals surface area contributed by atoms with E-state index in [0.717, 1.165) is 50.6 Å². The number of hydrogen-bond acceptors (Lipinski definition) is 2. The Hall–Kier alpha value is -1.55. The summed E-state index contributed by atoms with van der Waals surface area (Å²) in [7, 11) is 1.89. The fraction of sp³-hybridized carbons (Fsp3) is 0.632. The third-order valence-electron chi connectivity index (χ3n) is 5.03. The van der Waals surface area contributed by atoms with Gasteiger partial charge < -0.3 is 15.0 Å². The molecular formula is C19H29N3O. The van der Waals surface area contributed by atoms with Crippen LogP contribution in [0.3, 0.4) is 0 Å². The van der Waals surface area contributed by atoms with Gasteiger partial charge in [0, 0.05) is 39.2 Å². The maximum absolute atomic E-state index is 5.56. The minimum atomic E-state index is 0.645. The molecule has 1 N–H and O–H groups in total. The Labute approximate surface area is 139 Å². The van der Waals surface area contributed by atoms with Gasteiger partial charge in [-0.3, -0.25) is 4.99 Å². The molecule has 1 saturated heterocycles. The zero-order chi connectivity index (χ0) is 16.1. The Morgan fingerprint density at radius 2 is 2.17 bits per heavy atom. The summed E-state index contributed by atoms with van der Waals surface area (Å²) >= 11 is 0. The van der Waals surface area contributed by atoms with Crippen molar-refractivity contribution in [3.8, 4) is 0 Å². The van der Waals surface area contributed by atoms with Crippen molar-refractivity contribution in [2.75, 3.05) is 39.9 Å². The highest BCUT2D eigenvalue weighted by Gasteiger charge is 2.38. The molecule has 0 amide bonds. The van der Waals surface area contributed by atoms with Gasteiger partial charge in [0.2, 0.25) is 0 Å². The number of aliphatic imine (C=N–C) groups is 1. The first kappa shape index (κ1) is 16.3. The molecule has 1 heterocycles. The third kappa shape index (κ3) is 4.25. The van der Waals surface area contributed by atoms with Gasteiger partial charge in [-0.25, -0.2) is 0 Å². The van der Waals surface area contributed by atoms with Crippen molar-refractivity contribution in [2.24, 2.45) is 16.8 Å². The molecule has 0 bridgehead atoms. The molecule has 1 aromatic carbocycles. The zero-order valence-corrected chi connectivity index (χ0v) is 14.4. The second-order valence-corrected chi connectivity index (χ2v) is 6.70. The van der Waals surface area contributed by atoms with Crippen LogP contribution in [0.1, 0.15) is 31.2 Å². The highest BCUT2D eigenvalue weighted by molar-refractivity contribution is 5.80. The summed E-state index contributed by atoms with van der Waals surface area (Å²) in [5.74, 6) is 3.18. The van der Waals surface area contributed by atoms with Crippen LogP contribution >= 0.6 is 0 Å². The monoisotopic (exact) mass is 315 g/mol. The first-order chi connectivity index (χ1) is 11.3. The van der Waals surface area contributed by atoms with Crippen LogP contribution in [0.15, 0.2) is 35.3 Å². The summed E-state index contributed by atoms with van der Waals surface area (Å²) in [4.78, 5) is 6.85. The van der Waals surface area contributed by atoms with E-state index in [0.29, 0.717) is 5.92 Å². The van der Waals surface area contributed by atoms with Gasteiger partial charge in [0.05, 0.1) is 6.61 Å². The fourth-order valence-corrected chi connectivity index (χ4v) is 3.58. The number of nitrogens with zero attached hydrogens (tertiary/aromatic N) is 2. The third-order valence-corrected chi connectivity index (χ3v) is 5.03. The molecule has 3 rings (SSSR count). The van der Waals surface area contributed by atoms with Crippen LogP contribution in [0.4, 0.5) is 0 Å². The van der Waals surface area contributed by atoms with E-state index >= 15 is 0 Å². The smallest absolute Gasteiger partial charge is 0.193 e. The maximum atomic E-state index is 5.56. The van der Waals surface area contributed by atoms with Crippen molar-refractivity contribution in [2.45, 2.75) is 25.7 Å². The van der Waals surface area contributed by atoms with E-state index < -0.39 is 0 Å². The summed E-state index contributed by atoms with van der Waals surface area (Å²) in [5.41, 5.74) is 1.48. The number of nitrogens with one attached hydrogen (secondary N) is 1. The van der Waals surface area contributed by atoms with Crippen LogP contribution < -0.4 is 5.32 Å². The van der Waals surface area contributed by atoms with Crippen LogP contribution in [0.2, 0.25) is 0 Å². The van der Waals surface area contributed by atoms with E-state index in [2.05, 4.69) is 52.5 Å². The summed E-state index contributed by atoms with van der Waals surface area (Å²) in [5, 5.41) is 3.58. The lowest BCUT2D eigenvalue weighted by atomic mass is 10.1. The van der Waals surface area contributed by atoms with Crippen molar-refractivity contribution in [1.82, 2.24) is 10.2 Å². The molecule has 126 valence electrons. The molecule has 2 aliphatic rings. The number of benzene rings is 1. The number of guanidine groups is 1. The van der Waals surface area contributed by atoms with Gasteiger partial charge in [0.15, 0.2) is 5.96 Å². The van der Waals surface area contributed by atoms with Gasteiger partial charge >= 0.3 is 0 Å². The Morgan fingerprint density at radius 1 is 1.35 bits per heavy atom. The lowest BCUT2D eigenvalue weighted by molar-refractivity contribution is 0.114. The lowest BCUT2D eigenvalue weighted by Crippen LogP contribution is -2.41. The summed E-state index contributed by atoms with van der Waals surface area (Å²) in [6.45, 7) is 6.93. The Kier molecular flexibility index (Phi) is 5.55. The van der Waals surface area contributed by atoms with Gasteiger partial charge in [-0.1, -0.05) is 30.3 Å². The molecule has 1 aromatic rings. The van der Waals surface area contributed by atoms with E-state index in [1.807, 2.05) is 7.05 Å². The minimum absolute atomic E-state index is 0.645. The molecule has 2 fully saturated rings. The predicted molar refractivity (Wildman–Crippen MR) is 94.8 cm³/mol. The first-order valence-electron chi connectivity index (χ1n) is 8.90. The van der Waals surface area contributed by atoms with Gasteiger partial charge in [-0.15, -0.1) is 0 Å². The summed E-state index contributed by atoms with van der Waals surface area (Å²) < 4.78 is 5.56. The van der Waals surface area contributed by atoms with Crippen LogP contribution in [0.25, 0.3) is 0 Å². The molecule has 1 saturated carbocycles. The van der Waals surface area contributed by atoms with Crippen LogP contribution in [0, 0.1) is 11.8 Å². The van der Waals surface area contributed by atoms with Gasteiger partial charge in [-0.2, -0.15) is 0 Å². The normalized spacial score (nSPS) is 27.3. The molecule has 1 aliphatic carbocycles. The molecule has 4 nitrogen and oxygen atoms in total. The highest BCUT2D eigenvalue weighted by atomic mass is 16.5. The number of ether oxygens (including phenoxy) is 1. The molecular weight excluding hydrogens is 286 g/mol. The van der Waals surface area contributed by atoms with Crippen LogP contribution in [-0.2, 0) is 4.74 Å². The SMILES string of the molecule is CCOCC1CCN(C(=NC)NCC2CC2c2ccccc2)C1. The Morgan fingerprint density at radius 3 is 2.91 bits per heavy atom. The molecule has 0 spiro atoms. The van der Waals surface area contributed by atoms with E-state index in [-0.39, 0.29) is 0 Å². The van der Waals surface area contributed by atoms with Crippen molar-refractivity contribution < 1.29 is 4.74 Å². The van der Waals surface area contributed by atoms with E-state index in [4.69, 9.17) is 4.74 Å². The van der Waals surface area contributed by atoms with Crippen LogP contribution in [0.5, 0.6) is 0 Å². The fourth-order valence-electron chi connectivity index (χ4n) is 3.58. The molecule has 23 heavy (non-hydrogen) atoms. The minimum Gasteiger partial charge on any atom is -0.381 e. The molecule has 3 atom stereocenters. The Balaban J connectivity index is 1.43. The van der Waals surface area contributed by atoms with Crippen LogP contribution in [-0.4, -0.2) is 50.8 Å². The molecule has 3 unspecified atom stereocenters. The van der Waals surface area contributed by atoms with E-state index in [1.165, 1.54) is 18.4 Å². The van der Waals surface area contributed by atoms with E-state index in [1.54, 1.807) is 0 Å². The number of likely N-dealkylation sites (tertiary alicyclic amines) is 1. The van der Waals surface area contributed by atoms with Gasteiger partial charge in [0.25, 0.3) is 0 Å². The predicted octanol–water partition coefficient (Wildman–Crippen LogP) is 2.72. The van der Waals surface area contributed by atoms with Crippen molar-refractivity contribution in [3.63, 3.8) is 0 Å². The quantitative estimate of drug-likeness (QED) is 0.648. The standard InChI is InChI=1S/C19H29N3O/c1-3-23-14-15-9-10-22(13-15)19(20-2)21-12-17-11-18(17)16-7-5-4-6-8-16/h4-8,15,17-18H,3,9-14H2,1-2H3,(H,20,21). The largest absolute Gasteiger partial charge is 0.381 e. The molecule has 1 aliphatic heterocycles. The molecule has 0 radical (unpaired) electrons. The highest BCUT2D eigenvalue weighted by Crippen LogP contribution is 2.46. The van der Waals surface area contributed by atoms with Crippen molar-refractivity contribution >= 4 is 5.96 Å². The second kappa shape index (κ2) is 7.82. The number of rotatable bonds is 6. The topological polar surface area (TPSA) is 36.9 Å². The number of hydrogen-bond donors (Lipinski definition) is 1. The van der Waals surface area contributed by atoms with Crippen molar-refractivity contribution in [3.05, 3.63) is 35.9 Å². The van der Waals surface area contributed by atoms with Gasteiger partial charge in [0.1, 0.15) is 0 Å². The first-order valence-corrected chi connectivity index (χ1v) is 8.90. The second-order valence-electron chi connectivity index (χ2n) is 6.70. The zero-order valence-electron chi connectivity index (χ0n) is 14.4. The average Bonchev–Trinajstić information content (AvgIpc) is 3.22. The average molecular weight is 315 g/mol. The molecule has 4 heteroatoms. The summed E-state index contributed by atoms with van der Waals surface area (Å²) in [6.07, 6.45) is 2.50. The molecule has 0 aromatic heterocycles. The van der Waals surface area contributed by atoms with Gasteiger partial charge in [-0.05, 0) is 37.2 Å².